The maximum absolute atomic E-state index is 12.3. The number of hydrogen-bond donors (Lipinski definition) is 3. The first kappa shape index (κ1) is 17.6. The number of ketones is 1. The van der Waals surface area contributed by atoms with Crippen LogP contribution in [0.25, 0.3) is 11.4 Å². The zero-order valence-electron chi connectivity index (χ0n) is 12.9. The normalized spacial score (nSPS) is 13.2. The smallest absolute Gasteiger partial charge is 0.320 e. The molecule has 2 aromatic rings. The van der Waals surface area contributed by atoms with Gasteiger partial charge in [0.2, 0.25) is 5.82 Å². The first-order chi connectivity index (χ1) is 11.5. The lowest BCUT2D eigenvalue weighted by molar-refractivity contribution is -0.138. The number of carbonyl (C=O) groups is 2. The van der Waals surface area contributed by atoms with Crippen LogP contribution in [0.5, 0.6) is 0 Å². The van der Waals surface area contributed by atoms with E-state index < -0.39 is 18.1 Å². The molecule has 0 saturated carbocycles. The third-order valence-electron chi connectivity index (χ3n) is 3.52. The average Bonchev–Trinajstić information content (AvgIpc) is 2.61. The number of benzene rings is 1. The SMILES string of the molecule is NC(CCCC(N)C(=O)c1ccc(-c2nncnn2)cc1)C(=O)O. The second kappa shape index (κ2) is 8.18. The van der Waals surface area contributed by atoms with Crippen molar-refractivity contribution >= 4 is 11.8 Å². The average molecular weight is 330 g/mol. The van der Waals surface area contributed by atoms with Gasteiger partial charge in [0.25, 0.3) is 0 Å². The highest BCUT2D eigenvalue weighted by Crippen LogP contribution is 2.15. The first-order valence-electron chi connectivity index (χ1n) is 7.38. The molecular formula is C15H18N6O3. The molecule has 2 unspecified atom stereocenters. The van der Waals surface area contributed by atoms with E-state index in [2.05, 4.69) is 20.4 Å². The van der Waals surface area contributed by atoms with E-state index in [1.54, 1.807) is 24.3 Å². The molecule has 0 aliphatic rings. The van der Waals surface area contributed by atoms with Crippen LogP contribution in [-0.2, 0) is 4.79 Å². The van der Waals surface area contributed by atoms with Gasteiger partial charge in [-0.2, -0.15) is 0 Å². The predicted molar refractivity (Wildman–Crippen MR) is 84.8 cm³/mol. The van der Waals surface area contributed by atoms with Crippen molar-refractivity contribution < 1.29 is 14.7 Å². The van der Waals surface area contributed by atoms with Crippen LogP contribution >= 0.6 is 0 Å². The van der Waals surface area contributed by atoms with Gasteiger partial charge in [-0.05, 0) is 19.3 Å². The van der Waals surface area contributed by atoms with Crippen LogP contribution in [0.4, 0.5) is 0 Å². The van der Waals surface area contributed by atoms with E-state index in [1.165, 1.54) is 6.33 Å². The number of nitrogens with two attached hydrogens (primary N) is 2. The number of aliphatic carboxylic acids is 1. The molecule has 1 aromatic heterocycles. The van der Waals surface area contributed by atoms with E-state index >= 15 is 0 Å². The molecule has 1 heterocycles. The fraction of sp³-hybridized carbons (Fsp3) is 0.333. The summed E-state index contributed by atoms with van der Waals surface area (Å²) in [7, 11) is 0. The van der Waals surface area contributed by atoms with Gasteiger partial charge in [-0.1, -0.05) is 24.3 Å². The Kier molecular flexibility index (Phi) is 5.99. The lowest BCUT2D eigenvalue weighted by atomic mass is 9.98. The van der Waals surface area contributed by atoms with Crippen LogP contribution in [0.15, 0.2) is 30.6 Å². The van der Waals surface area contributed by atoms with Crippen molar-refractivity contribution in [1.29, 1.82) is 0 Å². The maximum atomic E-state index is 12.3. The quantitative estimate of drug-likeness (QED) is 0.567. The molecule has 0 aliphatic carbocycles. The maximum Gasteiger partial charge on any atom is 0.320 e. The van der Waals surface area contributed by atoms with Gasteiger partial charge < -0.3 is 16.6 Å². The van der Waals surface area contributed by atoms with Crippen LogP contribution in [0.3, 0.4) is 0 Å². The highest BCUT2D eigenvalue weighted by molar-refractivity contribution is 6.00. The van der Waals surface area contributed by atoms with Gasteiger partial charge >= 0.3 is 5.97 Å². The Morgan fingerprint density at radius 3 is 2.17 bits per heavy atom. The fourth-order valence-electron chi connectivity index (χ4n) is 2.13. The zero-order chi connectivity index (χ0) is 17.5. The van der Waals surface area contributed by atoms with E-state index in [9.17, 15) is 9.59 Å². The fourth-order valence-corrected chi connectivity index (χ4v) is 2.13. The number of carboxylic acids is 1. The molecule has 0 saturated heterocycles. The molecule has 126 valence electrons. The van der Waals surface area contributed by atoms with Crippen molar-refractivity contribution in [2.75, 3.05) is 0 Å². The second-order valence-electron chi connectivity index (χ2n) is 5.29. The van der Waals surface area contributed by atoms with Crippen molar-refractivity contribution in [2.45, 2.75) is 31.3 Å². The van der Waals surface area contributed by atoms with Crippen LogP contribution in [-0.4, -0.2) is 49.3 Å². The number of hydrogen-bond acceptors (Lipinski definition) is 8. The summed E-state index contributed by atoms with van der Waals surface area (Å²) >= 11 is 0. The number of carbonyl (C=O) groups excluding carboxylic acids is 1. The Hall–Kier alpha value is -2.78. The summed E-state index contributed by atoms with van der Waals surface area (Å²) in [4.78, 5) is 22.9. The minimum Gasteiger partial charge on any atom is -0.480 e. The predicted octanol–water partition coefficient (Wildman–Crippen LogP) is 0.0258. The Morgan fingerprint density at radius 1 is 1.00 bits per heavy atom. The number of carboxylic acid groups (broad SMARTS) is 1. The van der Waals surface area contributed by atoms with E-state index in [1.807, 2.05) is 0 Å². The van der Waals surface area contributed by atoms with Gasteiger partial charge in [-0.3, -0.25) is 9.59 Å². The zero-order valence-corrected chi connectivity index (χ0v) is 12.9. The highest BCUT2D eigenvalue weighted by Gasteiger charge is 2.17. The highest BCUT2D eigenvalue weighted by atomic mass is 16.4. The number of aromatic nitrogens is 4. The molecule has 0 radical (unpaired) electrons. The lowest BCUT2D eigenvalue weighted by Crippen LogP contribution is -2.33. The van der Waals surface area contributed by atoms with Crippen LogP contribution in [0, 0.1) is 0 Å². The standard InChI is InChI=1S/C15H18N6O3/c16-11(2-1-3-12(17)15(23)24)13(22)9-4-6-10(7-5-9)14-20-18-8-19-21-14/h4-8,11-12H,1-3,16-17H2,(H,23,24). The topological polar surface area (TPSA) is 158 Å². The van der Waals surface area contributed by atoms with Crippen molar-refractivity contribution in [1.82, 2.24) is 20.4 Å². The van der Waals surface area contributed by atoms with Crippen molar-refractivity contribution in [3.8, 4) is 11.4 Å². The summed E-state index contributed by atoms with van der Waals surface area (Å²) in [6.07, 6.45) is 2.35. The van der Waals surface area contributed by atoms with Gasteiger partial charge in [-0.15, -0.1) is 20.4 Å². The Labute approximate surface area is 138 Å². The third kappa shape index (κ3) is 4.61. The molecule has 9 heteroatoms. The summed E-state index contributed by atoms with van der Waals surface area (Å²) in [5, 5.41) is 23.7. The summed E-state index contributed by atoms with van der Waals surface area (Å²) in [5.41, 5.74) is 12.4. The third-order valence-corrected chi connectivity index (χ3v) is 3.52. The van der Waals surface area contributed by atoms with Crippen molar-refractivity contribution in [2.24, 2.45) is 11.5 Å². The van der Waals surface area contributed by atoms with E-state index in [0.717, 1.165) is 0 Å². The Morgan fingerprint density at radius 2 is 1.58 bits per heavy atom. The van der Waals surface area contributed by atoms with Crippen molar-refractivity contribution in [3.63, 3.8) is 0 Å². The Balaban J connectivity index is 1.93. The molecule has 0 amide bonds. The lowest BCUT2D eigenvalue weighted by Gasteiger charge is -2.12. The van der Waals surface area contributed by atoms with E-state index in [0.29, 0.717) is 29.8 Å². The summed E-state index contributed by atoms with van der Waals surface area (Å²) < 4.78 is 0. The molecule has 0 fully saturated rings. The molecule has 1 aromatic carbocycles. The summed E-state index contributed by atoms with van der Waals surface area (Å²) in [6.45, 7) is 0. The van der Waals surface area contributed by atoms with Crippen molar-refractivity contribution in [3.05, 3.63) is 36.2 Å². The summed E-state index contributed by atoms with van der Waals surface area (Å²) in [6, 6.07) is 5.03. The van der Waals surface area contributed by atoms with Crippen LogP contribution < -0.4 is 11.5 Å². The molecular weight excluding hydrogens is 312 g/mol. The van der Waals surface area contributed by atoms with Crippen LogP contribution in [0.2, 0.25) is 0 Å². The second-order valence-corrected chi connectivity index (χ2v) is 5.29. The minimum atomic E-state index is -1.06. The molecule has 0 aliphatic heterocycles. The largest absolute Gasteiger partial charge is 0.480 e. The molecule has 2 atom stereocenters. The van der Waals surface area contributed by atoms with E-state index in [4.69, 9.17) is 16.6 Å². The number of nitrogens with zero attached hydrogens (tertiary/aromatic N) is 4. The monoisotopic (exact) mass is 330 g/mol. The molecule has 0 bridgehead atoms. The van der Waals surface area contributed by atoms with Gasteiger partial charge in [0.05, 0.1) is 6.04 Å². The molecule has 0 spiro atoms. The molecule has 5 N–H and O–H groups in total. The number of Topliss-reactive ketones (excluding diaryl/α,β-unsaturated/α-hetero) is 1. The summed E-state index contributed by atoms with van der Waals surface area (Å²) in [5.74, 6) is -0.906. The van der Waals surface area contributed by atoms with Crippen LogP contribution in [0.1, 0.15) is 29.6 Å². The number of rotatable bonds is 8. The first-order valence-corrected chi connectivity index (χ1v) is 7.38. The van der Waals surface area contributed by atoms with E-state index in [-0.39, 0.29) is 12.2 Å². The van der Waals surface area contributed by atoms with Gasteiger partial charge in [0, 0.05) is 11.1 Å². The molecule has 24 heavy (non-hydrogen) atoms. The molecule has 2 rings (SSSR count). The van der Waals surface area contributed by atoms with Gasteiger partial charge in [-0.25, -0.2) is 0 Å². The Bertz CT molecular complexity index is 692. The minimum absolute atomic E-state index is 0.212. The van der Waals surface area contributed by atoms with Gasteiger partial charge in [0.1, 0.15) is 6.04 Å². The van der Waals surface area contributed by atoms with Gasteiger partial charge in [0.15, 0.2) is 12.1 Å². The molecule has 9 nitrogen and oxygen atoms in total.